The normalized spacial score (nSPS) is 10.7. The predicted octanol–water partition coefficient (Wildman–Crippen LogP) is 0.410. The highest BCUT2D eigenvalue weighted by atomic mass is 32.2. The zero-order valence-corrected chi connectivity index (χ0v) is 12.3. The minimum atomic E-state index is -0.185. The van der Waals surface area contributed by atoms with Crippen molar-refractivity contribution in [3.05, 3.63) is 11.4 Å². The fraction of sp³-hybridized carbons (Fsp3) is 0.667. The second kappa shape index (κ2) is 8.06. The minimum Gasteiger partial charge on any atom is -0.396 e. The Bertz CT molecular complexity index is 420. The van der Waals surface area contributed by atoms with Gasteiger partial charge in [-0.1, -0.05) is 6.92 Å². The maximum atomic E-state index is 12.0. The van der Waals surface area contributed by atoms with Crippen LogP contribution in [0, 0.1) is 0 Å². The SMILES string of the molecule is CCc1nn(C)c(C(=O)NCCSCCCO)c1N. The second-order valence-corrected chi connectivity index (χ2v) is 5.36. The molecule has 1 aromatic heterocycles. The van der Waals surface area contributed by atoms with Gasteiger partial charge in [0.1, 0.15) is 5.69 Å². The molecule has 6 nitrogen and oxygen atoms in total. The van der Waals surface area contributed by atoms with Crippen LogP contribution in [0.3, 0.4) is 0 Å². The van der Waals surface area contributed by atoms with Gasteiger partial charge in [-0.25, -0.2) is 0 Å². The largest absolute Gasteiger partial charge is 0.396 e. The summed E-state index contributed by atoms with van der Waals surface area (Å²) < 4.78 is 1.53. The average Bonchev–Trinajstić information content (AvgIpc) is 2.68. The van der Waals surface area contributed by atoms with Crippen LogP contribution < -0.4 is 11.1 Å². The van der Waals surface area contributed by atoms with Gasteiger partial charge in [-0.2, -0.15) is 16.9 Å². The summed E-state index contributed by atoms with van der Waals surface area (Å²) in [6, 6.07) is 0. The third-order valence-electron chi connectivity index (χ3n) is 2.69. The molecule has 1 rings (SSSR count). The zero-order valence-electron chi connectivity index (χ0n) is 11.5. The van der Waals surface area contributed by atoms with Crippen molar-refractivity contribution in [3.8, 4) is 0 Å². The van der Waals surface area contributed by atoms with Gasteiger partial charge in [-0.3, -0.25) is 9.48 Å². The molecule has 0 aliphatic heterocycles. The van der Waals surface area contributed by atoms with E-state index in [1.165, 1.54) is 4.68 Å². The number of nitrogens with two attached hydrogens (primary N) is 1. The molecule has 0 aliphatic rings. The number of nitrogens with zero attached hydrogens (tertiary/aromatic N) is 2. The summed E-state index contributed by atoms with van der Waals surface area (Å²) in [6.07, 6.45) is 1.50. The van der Waals surface area contributed by atoms with Gasteiger partial charge in [0.25, 0.3) is 5.91 Å². The molecular weight excluding hydrogens is 264 g/mol. The Balaban J connectivity index is 2.43. The van der Waals surface area contributed by atoms with E-state index < -0.39 is 0 Å². The van der Waals surface area contributed by atoms with Crippen LogP contribution >= 0.6 is 11.8 Å². The van der Waals surface area contributed by atoms with Crippen molar-refractivity contribution in [3.63, 3.8) is 0 Å². The highest BCUT2D eigenvalue weighted by molar-refractivity contribution is 7.99. The van der Waals surface area contributed by atoms with Crippen molar-refractivity contribution >= 4 is 23.4 Å². The molecule has 0 bridgehead atoms. The molecule has 0 fully saturated rings. The lowest BCUT2D eigenvalue weighted by Crippen LogP contribution is -2.28. The predicted molar refractivity (Wildman–Crippen MR) is 78.4 cm³/mol. The van der Waals surface area contributed by atoms with Gasteiger partial charge in [-0.15, -0.1) is 0 Å². The minimum absolute atomic E-state index is 0.185. The lowest BCUT2D eigenvalue weighted by molar-refractivity contribution is 0.0947. The first-order valence-corrected chi connectivity index (χ1v) is 7.55. The first kappa shape index (κ1) is 15.8. The molecule has 0 spiro atoms. The van der Waals surface area contributed by atoms with Crippen molar-refractivity contribution in [2.45, 2.75) is 19.8 Å². The number of hydrogen-bond donors (Lipinski definition) is 3. The molecule has 1 aromatic rings. The summed E-state index contributed by atoms with van der Waals surface area (Å²) in [7, 11) is 1.72. The highest BCUT2D eigenvalue weighted by Gasteiger charge is 2.18. The maximum absolute atomic E-state index is 12.0. The number of anilines is 1. The van der Waals surface area contributed by atoms with E-state index in [9.17, 15) is 4.79 Å². The monoisotopic (exact) mass is 286 g/mol. The molecule has 0 saturated heterocycles. The molecule has 0 aliphatic carbocycles. The fourth-order valence-corrected chi connectivity index (χ4v) is 2.50. The molecule has 0 aromatic carbocycles. The number of nitrogens with one attached hydrogen (secondary N) is 1. The summed E-state index contributed by atoms with van der Waals surface area (Å²) in [5, 5.41) is 15.7. The summed E-state index contributed by atoms with van der Waals surface area (Å²) in [6.45, 7) is 2.75. The van der Waals surface area contributed by atoms with E-state index in [2.05, 4.69) is 10.4 Å². The number of rotatable bonds is 8. The number of amides is 1. The molecule has 4 N–H and O–H groups in total. The number of carbonyl (C=O) groups excluding carboxylic acids is 1. The van der Waals surface area contributed by atoms with Crippen LogP contribution in [0.1, 0.15) is 29.5 Å². The van der Waals surface area contributed by atoms with Crippen LogP contribution in [-0.4, -0.2) is 45.5 Å². The average molecular weight is 286 g/mol. The smallest absolute Gasteiger partial charge is 0.271 e. The van der Waals surface area contributed by atoms with Crippen molar-refractivity contribution < 1.29 is 9.90 Å². The number of aromatic nitrogens is 2. The summed E-state index contributed by atoms with van der Waals surface area (Å²) in [4.78, 5) is 12.0. The van der Waals surface area contributed by atoms with E-state index in [0.29, 0.717) is 24.3 Å². The van der Waals surface area contributed by atoms with E-state index in [1.54, 1.807) is 18.8 Å². The molecule has 0 atom stereocenters. The van der Waals surface area contributed by atoms with Gasteiger partial charge in [0, 0.05) is 26.0 Å². The quantitative estimate of drug-likeness (QED) is 0.602. The van der Waals surface area contributed by atoms with Gasteiger partial charge in [0.2, 0.25) is 0 Å². The van der Waals surface area contributed by atoms with Crippen molar-refractivity contribution in [2.24, 2.45) is 7.05 Å². The van der Waals surface area contributed by atoms with Crippen LogP contribution in [-0.2, 0) is 13.5 Å². The lowest BCUT2D eigenvalue weighted by atomic mass is 10.2. The third kappa shape index (κ3) is 4.43. The van der Waals surface area contributed by atoms with E-state index in [4.69, 9.17) is 10.8 Å². The number of hydrogen-bond acceptors (Lipinski definition) is 5. The molecule has 7 heteroatoms. The fourth-order valence-electron chi connectivity index (χ4n) is 1.72. The standard InChI is InChI=1S/C12H22N4O2S/c1-3-9-10(13)11(16(2)15-9)12(18)14-5-8-19-7-4-6-17/h17H,3-8,13H2,1-2H3,(H,14,18). The van der Waals surface area contributed by atoms with E-state index in [0.717, 1.165) is 23.6 Å². The molecule has 108 valence electrons. The van der Waals surface area contributed by atoms with E-state index in [-0.39, 0.29) is 12.5 Å². The van der Waals surface area contributed by atoms with E-state index in [1.807, 2.05) is 6.92 Å². The molecule has 1 amide bonds. The number of carbonyl (C=O) groups is 1. The van der Waals surface area contributed by atoms with Crippen LogP contribution in [0.4, 0.5) is 5.69 Å². The van der Waals surface area contributed by atoms with Crippen molar-refractivity contribution in [2.75, 3.05) is 30.4 Å². The Hall–Kier alpha value is -1.21. The van der Waals surface area contributed by atoms with Gasteiger partial charge in [0.05, 0.1) is 11.4 Å². The summed E-state index contributed by atoms with van der Waals surface area (Å²) in [5.41, 5.74) is 7.56. The Morgan fingerprint density at radius 1 is 1.53 bits per heavy atom. The van der Waals surface area contributed by atoms with E-state index >= 15 is 0 Å². The van der Waals surface area contributed by atoms with Gasteiger partial charge in [-0.05, 0) is 18.6 Å². The van der Waals surface area contributed by atoms with Crippen LogP contribution in [0.5, 0.6) is 0 Å². The number of thioether (sulfide) groups is 1. The second-order valence-electron chi connectivity index (χ2n) is 4.13. The number of nitrogen functional groups attached to an aromatic ring is 1. The third-order valence-corrected chi connectivity index (χ3v) is 3.76. The van der Waals surface area contributed by atoms with Crippen LogP contribution in [0.2, 0.25) is 0 Å². The molecule has 0 unspecified atom stereocenters. The van der Waals surface area contributed by atoms with Crippen LogP contribution in [0.25, 0.3) is 0 Å². The van der Waals surface area contributed by atoms with Gasteiger partial charge in [0.15, 0.2) is 0 Å². The molecule has 1 heterocycles. The first-order chi connectivity index (χ1) is 9.11. The summed E-state index contributed by atoms with van der Waals surface area (Å²) >= 11 is 1.70. The van der Waals surface area contributed by atoms with Gasteiger partial charge >= 0.3 is 0 Å². The number of aryl methyl sites for hydroxylation is 2. The lowest BCUT2D eigenvalue weighted by Gasteiger charge is -2.06. The number of aliphatic hydroxyl groups is 1. The molecular formula is C12H22N4O2S. The molecule has 0 radical (unpaired) electrons. The highest BCUT2D eigenvalue weighted by Crippen LogP contribution is 2.16. The Labute approximate surface area is 117 Å². The molecule has 0 saturated carbocycles. The van der Waals surface area contributed by atoms with Gasteiger partial charge < -0.3 is 16.2 Å². The van der Waals surface area contributed by atoms with Crippen LogP contribution in [0.15, 0.2) is 0 Å². The van der Waals surface area contributed by atoms with Crippen molar-refractivity contribution in [1.82, 2.24) is 15.1 Å². The first-order valence-electron chi connectivity index (χ1n) is 6.40. The topological polar surface area (TPSA) is 93.2 Å². The Morgan fingerprint density at radius 2 is 2.26 bits per heavy atom. The molecule has 19 heavy (non-hydrogen) atoms. The Morgan fingerprint density at radius 3 is 2.84 bits per heavy atom. The zero-order chi connectivity index (χ0) is 14.3. The summed E-state index contributed by atoms with van der Waals surface area (Å²) in [5.74, 6) is 1.54. The number of aliphatic hydroxyl groups excluding tert-OH is 1. The Kier molecular flexibility index (Phi) is 6.72. The van der Waals surface area contributed by atoms with Crippen molar-refractivity contribution in [1.29, 1.82) is 0 Å². The maximum Gasteiger partial charge on any atom is 0.271 e.